The highest BCUT2D eigenvalue weighted by atomic mass is 35.5. The number of benzene rings is 1. The van der Waals surface area contributed by atoms with Crippen LogP contribution in [0, 0.1) is 10.8 Å². The maximum atomic E-state index is 13.7. The van der Waals surface area contributed by atoms with Crippen molar-refractivity contribution in [1.29, 1.82) is 0 Å². The first-order valence-corrected chi connectivity index (χ1v) is 13.2. The molecule has 1 unspecified atom stereocenters. The van der Waals surface area contributed by atoms with Crippen LogP contribution in [-0.2, 0) is 13.1 Å². The minimum atomic E-state index is -4.27. The monoisotopic (exact) mass is 541 g/mol. The summed E-state index contributed by atoms with van der Waals surface area (Å²) in [6.07, 6.45) is 1.24. The van der Waals surface area contributed by atoms with Gasteiger partial charge in [0.15, 0.2) is 5.82 Å². The third-order valence-electron chi connectivity index (χ3n) is 9.13. The number of nitrogens with zero attached hydrogens (tertiary/aromatic N) is 7. The van der Waals surface area contributed by atoms with Gasteiger partial charge in [-0.05, 0) is 62.1 Å². The van der Waals surface area contributed by atoms with Crippen molar-refractivity contribution in [2.75, 3.05) is 18.0 Å². The Hall–Kier alpha value is -3.14. The van der Waals surface area contributed by atoms with Crippen molar-refractivity contribution in [2.45, 2.75) is 58.3 Å². The van der Waals surface area contributed by atoms with Crippen molar-refractivity contribution in [2.24, 2.45) is 10.8 Å². The van der Waals surface area contributed by atoms with Crippen LogP contribution >= 0.6 is 11.6 Å². The molecule has 1 saturated carbocycles. The van der Waals surface area contributed by atoms with E-state index in [0.29, 0.717) is 23.7 Å². The molecule has 2 aliphatic carbocycles. The second-order valence-electron chi connectivity index (χ2n) is 11.5. The van der Waals surface area contributed by atoms with Crippen molar-refractivity contribution in [3.8, 4) is 5.69 Å². The lowest BCUT2D eigenvalue weighted by atomic mass is 9.57. The third kappa shape index (κ3) is 3.41. The molecule has 198 valence electrons. The highest BCUT2D eigenvalue weighted by Crippen LogP contribution is 2.58. The molecule has 2 aromatic heterocycles. The summed E-state index contributed by atoms with van der Waals surface area (Å²) in [7, 11) is 0. The summed E-state index contributed by atoms with van der Waals surface area (Å²) in [5, 5.41) is 9.79. The van der Waals surface area contributed by atoms with Crippen molar-refractivity contribution in [3.63, 3.8) is 0 Å². The number of anilines is 1. The molecule has 3 aromatic rings. The number of halogens is 4. The molecule has 11 heteroatoms. The van der Waals surface area contributed by atoms with Gasteiger partial charge in [-0.3, -0.25) is 4.57 Å². The van der Waals surface area contributed by atoms with Gasteiger partial charge in [-0.15, -0.1) is 10.2 Å². The molecule has 7 nitrogen and oxygen atoms in total. The number of alkyl halides is 3. The molecule has 2 aliphatic heterocycles. The summed E-state index contributed by atoms with van der Waals surface area (Å²) >= 11 is 6.37. The zero-order chi connectivity index (χ0) is 26.4. The lowest BCUT2D eigenvalue weighted by molar-refractivity contribution is -0.213. The van der Waals surface area contributed by atoms with E-state index in [1.54, 1.807) is 19.3 Å². The van der Waals surface area contributed by atoms with Gasteiger partial charge in [0.2, 0.25) is 5.95 Å². The molecule has 7 rings (SSSR count). The number of allylic oxidation sites excluding steroid dienone is 2. The quantitative estimate of drug-likeness (QED) is 0.426. The third-order valence-corrected chi connectivity index (χ3v) is 9.37. The molecule has 4 aliphatic rings. The van der Waals surface area contributed by atoms with Crippen molar-refractivity contribution in [1.82, 2.24) is 29.6 Å². The van der Waals surface area contributed by atoms with E-state index in [2.05, 4.69) is 29.6 Å². The van der Waals surface area contributed by atoms with Crippen LogP contribution in [0.15, 0.2) is 47.9 Å². The van der Waals surface area contributed by atoms with E-state index in [0.717, 1.165) is 60.5 Å². The van der Waals surface area contributed by atoms with E-state index >= 15 is 0 Å². The molecular weight excluding hydrogens is 515 g/mol. The minimum Gasteiger partial charge on any atom is -0.363 e. The smallest absolute Gasteiger partial charge is 0.363 e. The Labute approximate surface area is 223 Å². The van der Waals surface area contributed by atoms with Crippen LogP contribution in [0.5, 0.6) is 0 Å². The molecule has 1 atom stereocenters. The summed E-state index contributed by atoms with van der Waals surface area (Å²) < 4.78 is 43.3. The maximum Gasteiger partial charge on any atom is 0.398 e. The number of fused-ring (bicyclic) bond motifs is 3. The second kappa shape index (κ2) is 7.94. The van der Waals surface area contributed by atoms with E-state index in [-0.39, 0.29) is 17.8 Å². The van der Waals surface area contributed by atoms with E-state index in [1.807, 2.05) is 29.2 Å². The van der Waals surface area contributed by atoms with Crippen LogP contribution in [0.2, 0.25) is 5.02 Å². The molecule has 4 heterocycles. The highest BCUT2D eigenvalue weighted by Gasteiger charge is 2.59. The van der Waals surface area contributed by atoms with Crippen molar-refractivity contribution >= 4 is 17.5 Å². The molecule has 0 bridgehead atoms. The van der Waals surface area contributed by atoms with Crippen molar-refractivity contribution < 1.29 is 13.2 Å². The number of hydrogen-bond donors (Lipinski definition) is 0. The van der Waals surface area contributed by atoms with Gasteiger partial charge >= 0.3 is 6.18 Å². The highest BCUT2D eigenvalue weighted by molar-refractivity contribution is 6.30. The van der Waals surface area contributed by atoms with Gasteiger partial charge in [-0.25, -0.2) is 9.97 Å². The molecule has 2 fully saturated rings. The number of hydrogen-bond acceptors (Lipinski definition) is 6. The maximum absolute atomic E-state index is 13.7. The van der Waals surface area contributed by atoms with Gasteiger partial charge in [0, 0.05) is 60.5 Å². The summed E-state index contributed by atoms with van der Waals surface area (Å²) in [6.45, 7) is 5.62. The van der Waals surface area contributed by atoms with Crippen LogP contribution < -0.4 is 4.90 Å². The average Bonchev–Trinajstić information content (AvgIpc) is 3.15. The van der Waals surface area contributed by atoms with Gasteiger partial charge in [0.05, 0.1) is 17.6 Å². The Morgan fingerprint density at radius 1 is 1.03 bits per heavy atom. The second-order valence-corrected chi connectivity index (χ2v) is 12.0. The first kappa shape index (κ1) is 23.9. The van der Waals surface area contributed by atoms with Gasteiger partial charge in [-0.1, -0.05) is 11.6 Å². The fraction of sp³-hybridized carbons (Fsp3) is 0.481. The molecule has 0 amide bonds. The molecule has 1 aromatic carbocycles. The Morgan fingerprint density at radius 2 is 1.76 bits per heavy atom. The zero-order valence-corrected chi connectivity index (χ0v) is 21.9. The summed E-state index contributed by atoms with van der Waals surface area (Å²) in [4.78, 5) is 12.9. The molecule has 1 saturated heterocycles. The van der Waals surface area contributed by atoms with Gasteiger partial charge in [0.1, 0.15) is 5.82 Å². The zero-order valence-electron chi connectivity index (χ0n) is 21.1. The lowest BCUT2D eigenvalue weighted by Gasteiger charge is -2.58. The van der Waals surface area contributed by atoms with Crippen LogP contribution in [0.1, 0.15) is 56.2 Å². The lowest BCUT2D eigenvalue weighted by Crippen LogP contribution is -2.62. The number of aromatic nitrogens is 5. The van der Waals surface area contributed by atoms with Crippen LogP contribution in [0.25, 0.3) is 5.69 Å². The first-order valence-electron chi connectivity index (χ1n) is 12.8. The molecule has 38 heavy (non-hydrogen) atoms. The average molecular weight is 542 g/mol. The normalized spacial score (nSPS) is 24.4. The van der Waals surface area contributed by atoms with E-state index < -0.39 is 11.6 Å². The SMILES string of the molecule is CC1=C(N2Cc3cc(Cl)ccc3-n3c(nnc3C3CC4(C3)CN(c3ncccn3)C4)C2)CC1(C)C(F)(F)F. The first-order chi connectivity index (χ1) is 18.1. The van der Waals surface area contributed by atoms with Crippen LogP contribution in [-0.4, -0.2) is 48.9 Å². The summed E-state index contributed by atoms with van der Waals surface area (Å²) in [5.41, 5.74) is 1.48. The summed E-state index contributed by atoms with van der Waals surface area (Å²) in [5.74, 6) is 2.70. The van der Waals surface area contributed by atoms with E-state index in [1.165, 1.54) is 6.92 Å². The predicted molar refractivity (Wildman–Crippen MR) is 136 cm³/mol. The fourth-order valence-electron chi connectivity index (χ4n) is 6.74. The Kier molecular flexibility index (Phi) is 5.00. The van der Waals surface area contributed by atoms with Crippen LogP contribution in [0.4, 0.5) is 19.1 Å². The Morgan fingerprint density at radius 3 is 2.45 bits per heavy atom. The largest absolute Gasteiger partial charge is 0.398 e. The Bertz CT molecular complexity index is 1450. The molecule has 0 N–H and O–H groups in total. The van der Waals surface area contributed by atoms with E-state index in [9.17, 15) is 13.2 Å². The topological polar surface area (TPSA) is 63.0 Å². The van der Waals surface area contributed by atoms with Gasteiger partial charge in [-0.2, -0.15) is 13.2 Å². The van der Waals surface area contributed by atoms with Crippen LogP contribution in [0.3, 0.4) is 0 Å². The molecule has 0 radical (unpaired) electrons. The Balaban J connectivity index is 1.17. The van der Waals surface area contributed by atoms with Crippen molar-refractivity contribution in [3.05, 3.63) is 70.2 Å². The summed E-state index contributed by atoms with van der Waals surface area (Å²) in [6, 6.07) is 7.56. The van der Waals surface area contributed by atoms with E-state index in [4.69, 9.17) is 11.6 Å². The standard InChI is InChI=1S/C27H27ClF3N7/c1-16-21(11-25(16,2)27(29,30)31)36-12-17-8-19(28)4-5-20(17)38-22(13-36)34-35-23(38)18-9-26(10-18)14-37(15-26)24-32-6-3-7-33-24/h3-8,18H,9-15H2,1-2H3. The number of rotatable bonds is 3. The predicted octanol–water partition coefficient (Wildman–Crippen LogP) is 5.66. The minimum absolute atomic E-state index is 0.0357. The molecule has 1 spiro atoms. The van der Waals surface area contributed by atoms with Gasteiger partial charge in [0.25, 0.3) is 0 Å². The molecular formula is C27H27ClF3N7. The fourth-order valence-corrected chi connectivity index (χ4v) is 6.94. The van der Waals surface area contributed by atoms with Gasteiger partial charge < -0.3 is 9.80 Å².